The first-order chi connectivity index (χ1) is 22.0. The molecule has 0 aromatic carbocycles. The zero-order chi connectivity index (χ0) is 31.5. The van der Waals surface area contributed by atoms with Crippen LogP contribution in [0.2, 0.25) is 0 Å². The van der Waals surface area contributed by atoms with Gasteiger partial charge in [-0.05, 0) is 64.7 Å². The van der Waals surface area contributed by atoms with Crippen molar-refractivity contribution in [3.05, 3.63) is 0 Å². The van der Waals surface area contributed by atoms with Crippen LogP contribution in [0.15, 0.2) is 0 Å². The third-order valence-electron chi connectivity index (χ3n) is 12.8. The maximum atomic E-state index is 14.7. The predicted octanol–water partition coefficient (Wildman–Crippen LogP) is 10.00. The lowest BCUT2D eigenvalue weighted by Crippen LogP contribution is -2.56. The first-order valence-corrected chi connectivity index (χ1v) is 20.2. The number of imide groups is 1. The average molecular weight is 627 g/mol. The quantitative estimate of drug-likeness (QED) is 0.126. The van der Waals surface area contributed by atoms with E-state index in [4.69, 9.17) is 0 Å². The highest BCUT2D eigenvalue weighted by molar-refractivity contribution is 6.06. The average Bonchev–Trinajstić information content (AvgIpc) is 3.26. The number of hydrogen-bond acceptors (Lipinski definition) is 4. The van der Waals surface area contributed by atoms with Gasteiger partial charge >= 0.3 is 6.03 Å². The predicted molar refractivity (Wildman–Crippen MR) is 186 cm³/mol. The van der Waals surface area contributed by atoms with E-state index in [1.807, 2.05) is 0 Å². The van der Waals surface area contributed by atoms with Gasteiger partial charge in [0.15, 0.2) is 0 Å². The van der Waals surface area contributed by atoms with Crippen molar-refractivity contribution < 1.29 is 9.59 Å². The van der Waals surface area contributed by atoms with Crippen LogP contribution >= 0.6 is 0 Å². The highest BCUT2D eigenvalue weighted by atomic mass is 16.2. The van der Waals surface area contributed by atoms with Gasteiger partial charge in [0, 0.05) is 24.2 Å². The topological polar surface area (TPSA) is 47.1 Å². The van der Waals surface area contributed by atoms with E-state index in [9.17, 15) is 9.59 Å². The number of urea groups is 1. The summed E-state index contributed by atoms with van der Waals surface area (Å²) >= 11 is 0. The van der Waals surface area contributed by atoms with Crippen molar-refractivity contribution in [1.29, 1.82) is 0 Å². The summed E-state index contributed by atoms with van der Waals surface area (Å²) in [4.78, 5) is 38.7. The molecule has 0 N–H and O–H groups in total. The van der Waals surface area contributed by atoms with E-state index in [0.717, 1.165) is 12.8 Å². The van der Waals surface area contributed by atoms with Gasteiger partial charge in [-0.2, -0.15) is 0 Å². The molecule has 6 nitrogen and oxygen atoms in total. The summed E-state index contributed by atoms with van der Waals surface area (Å²) in [6, 6.07) is 2.17. The second kappa shape index (κ2) is 17.9. The molecule has 0 radical (unpaired) electrons. The fourth-order valence-corrected chi connectivity index (χ4v) is 9.89. The third-order valence-corrected chi connectivity index (χ3v) is 12.8. The molecule has 6 heteroatoms. The smallest absolute Gasteiger partial charge is 0.297 e. The van der Waals surface area contributed by atoms with E-state index >= 15 is 0 Å². The molecule has 0 spiro atoms. The summed E-state index contributed by atoms with van der Waals surface area (Å²) in [5.74, 6) is 0.0994. The fraction of sp³-hybridized carbons (Fsp3) is 0.949. The highest BCUT2D eigenvalue weighted by Gasteiger charge is 2.55. The molecule has 5 rings (SSSR count). The molecule has 5 fully saturated rings. The SMILES string of the molecule is CCCCCCCCCC1(C)C(=O)N(CN(C2CCCCC2)C2CCCCC2)C(=O)N1CN(C1CCCCC1)C1CCCCC1. The molecule has 1 atom stereocenters. The molecule has 1 aliphatic heterocycles. The van der Waals surface area contributed by atoms with E-state index < -0.39 is 5.54 Å². The molecule has 4 saturated carbocycles. The van der Waals surface area contributed by atoms with Crippen LogP contribution < -0.4 is 0 Å². The maximum absolute atomic E-state index is 14.7. The van der Waals surface area contributed by atoms with Gasteiger partial charge in [0.25, 0.3) is 5.91 Å². The summed E-state index contributed by atoms with van der Waals surface area (Å²) in [7, 11) is 0. The van der Waals surface area contributed by atoms with Crippen LogP contribution in [-0.2, 0) is 4.79 Å². The Morgan fingerprint density at radius 3 is 1.36 bits per heavy atom. The Kier molecular flexibility index (Phi) is 14.0. The molecular formula is C39H70N4O2. The van der Waals surface area contributed by atoms with Gasteiger partial charge in [0.05, 0.1) is 13.3 Å². The number of unbranched alkanes of at least 4 members (excludes halogenated alkanes) is 6. The van der Waals surface area contributed by atoms with Crippen molar-refractivity contribution in [2.24, 2.45) is 0 Å². The normalized spacial score (nSPS) is 27.0. The van der Waals surface area contributed by atoms with E-state index in [-0.39, 0.29) is 11.9 Å². The van der Waals surface area contributed by atoms with Crippen molar-refractivity contribution in [1.82, 2.24) is 19.6 Å². The molecular weight excluding hydrogens is 556 g/mol. The lowest BCUT2D eigenvalue weighted by molar-refractivity contribution is -0.136. The molecule has 0 bridgehead atoms. The minimum atomic E-state index is -0.729. The lowest BCUT2D eigenvalue weighted by Gasteiger charge is -2.45. The van der Waals surface area contributed by atoms with Gasteiger partial charge in [-0.25, -0.2) is 9.69 Å². The number of amides is 3. The Balaban J connectivity index is 1.37. The Morgan fingerprint density at radius 1 is 0.556 bits per heavy atom. The van der Waals surface area contributed by atoms with Crippen molar-refractivity contribution in [3.8, 4) is 0 Å². The number of carbonyl (C=O) groups excluding carboxylic acids is 2. The molecule has 45 heavy (non-hydrogen) atoms. The Morgan fingerprint density at radius 2 is 0.933 bits per heavy atom. The van der Waals surface area contributed by atoms with Crippen molar-refractivity contribution in [3.63, 3.8) is 0 Å². The van der Waals surface area contributed by atoms with Crippen molar-refractivity contribution in [2.45, 2.75) is 223 Å². The molecule has 1 heterocycles. The second-order valence-electron chi connectivity index (χ2n) is 16.1. The number of carbonyl (C=O) groups is 2. The molecule has 0 aromatic rings. The number of nitrogens with zero attached hydrogens (tertiary/aromatic N) is 4. The third kappa shape index (κ3) is 9.06. The van der Waals surface area contributed by atoms with Crippen LogP contribution in [0, 0.1) is 0 Å². The van der Waals surface area contributed by atoms with Crippen LogP contribution in [0.1, 0.15) is 194 Å². The highest BCUT2D eigenvalue weighted by Crippen LogP contribution is 2.38. The molecule has 4 aliphatic carbocycles. The molecule has 1 unspecified atom stereocenters. The van der Waals surface area contributed by atoms with E-state index in [2.05, 4.69) is 28.5 Å². The van der Waals surface area contributed by atoms with Crippen molar-refractivity contribution in [2.75, 3.05) is 13.3 Å². The standard InChI is InChI=1S/C39H70N4O2/c1-3-4-5-6-7-8-21-30-39(2)37(44)42(31-40(33-22-13-9-14-23-33)34-24-15-10-16-25-34)38(45)43(39)32-41(35-26-17-11-18-27-35)36-28-19-12-20-29-36/h33-36H,3-32H2,1-2H3. The van der Waals surface area contributed by atoms with Gasteiger partial charge in [-0.15, -0.1) is 0 Å². The zero-order valence-corrected chi connectivity index (χ0v) is 29.6. The van der Waals surface area contributed by atoms with Crippen LogP contribution in [0.4, 0.5) is 4.79 Å². The minimum Gasteiger partial charge on any atom is -0.297 e. The van der Waals surface area contributed by atoms with Crippen molar-refractivity contribution >= 4 is 11.9 Å². The van der Waals surface area contributed by atoms with E-state index in [1.165, 1.54) is 167 Å². The summed E-state index contributed by atoms with van der Waals surface area (Å²) in [6.07, 6.45) is 35.1. The Hall–Kier alpha value is -1.14. The number of hydrogen-bond donors (Lipinski definition) is 0. The number of rotatable bonds is 16. The monoisotopic (exact) mass is 627 g/mol. The largest absolute Gasteiger partial charge is 0.329 e. The lowest BCUT2D eigenvalue weighted by atomic mass is 9.88. The van der Waals surface area contributed by atoms with Crippen LogP contribution in [0.3, 0.4) is 0 Å². The van der Waals surface area contributed by atoms with E-state index in [0.29, 0.717) is 37.5 Å². The maximum Gasteiger partial charge on any atom is 0.329 e. The minimum absolute atomic E-state index is 0.0127. The fourth-order valence-electron chi connectivity index (χ4n) is 9.89. The van der Waals surface area contributed by atoms with Crippen LogP contribution in [0.25, 0.3) is 0 Å². The first kappa shape index (κ1) is 35.2. The van der Waals surface area contributed by atoms with Crippen LogP contribution in [0.5, 0.6) is 0 Å². The van der Waals surface area contributed by atoms with E-state index in [1.54, 1.807) is 4.90 Å². The van der Waals surface area contributed by atoms with Gasteiger partial charge in [-0.3, -0.25) is 19.5 Å². The Labute approximate surface area is 277 Å². The first-order valence-electron chi connectivity index (χ1n) is 20.2. The molecule has 3 amide bonds. The molecule has 258 valence electrons. The second-order valence-corrected chi connectivity index (χ2v) is 16.1. The summed E-state index contributed by atoms with van der Waals surface area (Å²) in [5.41, 5.74) is -0.729. The molecule has 5 aliphatic rings. The van der Waals surface area contributed by atoms with Crippen LogP contribution in [-0.4, -0.2) is 74.6 Å². The van der Waals surface area contributed by atoms with Gasteiger partial charge in [-0.1, -0.05) is 129 Å². The van der Waals surface area contributed by atoms with Gasteiger partial charge in [0.1, 0.15) is 5.54 Å². The molecule has 0 aromatic heterocycles. The Bertz CT molecular complexity index is 851. The summed E-state index contributed by atoms with van der Waals surface area (Å²) < 4.78 is 0. The zero-order valence-electron chi connectivity index (χ0n) is 29.6. The van der Waals surface area contributed by atoms with Gasteiger partial charge in [0.2, 0.25) is 0 Å². The molecule has 1 saturated heterocycles. The van der Waals surface area contributed by atoms with Gasteiger partial charge < -0.3 is 0 Å². The summed E-state index contributed by atoms with van der Waals surface area (Å²) in [6.45, 7) is 5.59. The summed E-state index contributed by atoms with van der Waals surface area (Å²) in [5, 5.41) is 0.